The Balaban J connectivity index is 1.66. The minimum Gasteiger partial charge on any atom is -0.497 e. The second kappa shape index (κ2) is 7.79. The lowest BCUT2D eigenvalue weighted by Gasteiger charge is -2.33. The van der Waals surface area contributed by atoms with Crippen LogP contribution in [0.1, 0.15) is 26.3 Å². The number of rotatable bonds is 5. The monoisotopic (exact) mass is 408 g/mol. The van der Waals surface area contributed by atoms with Gasteiger partial charge in [-0.05, 0) is 43.3 Å². The number of ketones is 1. The molecule has 1 fully saturated rings. The number of amides is 1. The fourth-order valence-corrected chi connectivity index (χ4v) is 5.12. The number of thiophene rings is 1. The SMILES string of the molecule is COc1ccc(S(=O)(=O)N2CCN(C(=O)c3ccc(C(C)=O)s3)CC2)cc1. The molecule has 0 radical (unpaired) electrons. The number of carbonyl (C=O) groups excluding carboxylic acids is 2. The van der Waals surface area contributed by atoms with Gasteiger partial charge in [0.2, 0.25) is 10.0 Å². The third-order valence-corrected chi connectivity index (χ3v) is 7.47. The van der Waals surface area contributed by atoms with Crippen LogP contribution in [-0.4, -0.2) is 62.6 Å². The fraction of sp³-hybridized carbons (Fsp3) is 0.333. The van der Waals surface area contributed by atoms with E-state index in [0.29, 0.717) is 28.6 Å². The molecule has 1 aromatic heterocycles. The van der Waals surface area contributed by atoms with E-state index in [1.54, 1.807) is 29.2 Å². The van der Waals surface area contributed by atoms with Gasteiger partial charge in [0.15, 0.2) is 5.78 Å². The molecule has 3 rings (SSSR count). The summed E-state index contributed by atoms with van der Waals surface area (Å²) in [7, 11) is -2.09. The smallest absolute Gasteiger partial charge is 0.264 e. The molecule has 1 aliphatic heterocycles. The van der Waals surface area contributed by atoms with Gasteiger partial charge in [-0.15, -0.1) is 11.3 Å². The Labute approximate surface area is 162 Å². The maximum absolute atomic E-state index is 12.8. The number of methoxy groups -OCH3 is 1. The van der Waals surface area contributed by atoms with Crippen LogP contribution in [0.2, 0.25) is 0 Å². The molecule has 0 spiro atoms. The van der Waals surface area contributed by atoms with Crippen molar-refractivity contribution in [1.82, 2.24) is 9.21 Å². The standard InChI is InChI=1S/C18H20N2O5S2/c1-13(21)16-7-8-17(26-16)18(22)19-9-11-20(12-10-19)27(23,24)15-5-3-14(25-2)4-6-15/h3-8H,9-12H2,1-2H3. The van der Waals surface area contributed by atoms with Crippen LogP contribution >= 0.6 is 11.3 Å². The zero-order chi connectivity index (χ0) is 19.6. The zero-order valence-electron chi connectivity index (χ0n) is 15.0. The van der Waals surface area contributed by atoms with Crippen LogP contribution < -0.4 is 4.74 Å². The Hall–Kier alpha value is -2.23. The van der Waals surface area contributed by atoms with E-state index in [-0.39, 0.29) is 29.7 Å². The molecule has 2 aromatic rings. The third kappa shape index (κ3) is 4.05. The number of ether oxygens (including phenoxy) is 1. The number of Topliss-reactive ketones (excluding diaryl/α,β-unsaturated/α-hetero) is 1. The number of benzene rings is 1. The number of hydrogen-bond acceptors (Lipinski definition) is 6. The van der Waals surface area contributed by atoms with Crippen LogP contribution in [0.25, 0.3) is 0 Å². The second-order valence-electron chi connectivity index (χ2n) is 6.09. The Morgan fingerprint density at radius 3 is 2.07 bits per heavy atom. The molecular weight excluding hydrogens is 388 g/mol. The van der Waals surface area contributed by atoms with Gasteiger partial charge in [-0.1, -0.05) is 0 Å². The van der Waals surface area contributed by atoms with Crippen molar-refractivity contribution >= 4 is 33.1 Å². The van der Waals surface area contributed by atoms with Crippen molar-refractivity contribution in [1.29, 1.82) is 0 Å². The molecule has 1 amide bonds. The highest BCUT2D eigenvalue weighted by Gasteiger charge is 2.31. The van der Waals surface area contributed by atoms with Gasteiger partial charge in [-0.3, -0.25) is 9.59 Å². The van der Waals surface area contributed by atoms with Gasteiger partial charge in [-0.2, -0.15) is 4.31 Å². The van der Waals surface area contributed by atoms with Crippen LogP contribution in [0.4, 0.5) is 0 Å². The number of hydrogen-bond donors (Lipinski definition) is 0. The molecule has 0 unspecified atom stereocenters. The van der Waals surface area contributed by atoms with Crippen molar-refractivity contribution in [3.05, 3.63) is 46.2 Å². The Morgan fingerprint density at radius 1 is 0.963 bits per heavy atom. The molecule has 27 heavy (non-hydrogen) atoms. The van der Waals surface area contributed by atoms with Gasteiger partial charge in [0.1, 0.15) is 5.75 Å². The van der Waals surface area contributed by atoms with Crippen LogP contribution in [0, 0.1) is 0 Å². The zero-order valence-corrected chi connectivity index (χ0v) is 16.7. The lowest BCUT2D eigenvalue weighted by atomic mass is 10.3. The molecule has 144 valence electrons. The number of nitrogens with zero attached hydrogens (tertiary/aromatic N) is 2. The first kappa shape index (κ1) is 19.5. The van der Waals surface area contributed by atoms with Crippen molar-refractivity contribution in [2.75, 3.05) is 33.3 Å². The maximum Gasteiger partial charge on any atom is 0.264 e. The summed E-state index contributed by atoms with van der Waals surface area (Å²) >= 11 is 1.16. The lowest BCUT2D eigenvalue weighted by molar-refractivity contribution is 0.0702. The van der Waals surface area contributed by atoms with Gasteiger partial charge in [-0.25, -0.2) is 8.42 Å². The average Bonchev–Trinajstić information content (AvgIpc) is 3.18. The third-order valence-electron chi connectivity index (χ3n) is 4.39. The van der Waals surface area contributed by atoms with Crippen LogP contribution in [0.5, 0.6) is 5.75 Å². The topological polar surface area (TPSA) is 84.0 Å². The van der Waals surface area contributed by atoms with E-state index in [1.165, 1.54) is 30.5 Å². The highest BCUT2D eigenvalue weighted by Crippen LogP contribution is 2.23. The Bertz CT molecular complexity index is 942. The van der Waals surface area contributed by atoms with Crippen molar-refractivity contribution in [2.45, 2.75) is 11.8 Å². The summed E-state index contributed by atoms with van der Waals surface area (Å²) in [6.07, 6.45) is 0. The van der Waals surface area contributed by atoms with Gasteiger partial charge < -0.3 is 9.64 Å². The summed E-state index contributed by atoms with van der Waals surface area (Å²) in [6, 6.07) is 9.53. The fourth-order valence-electron chi connectivity index (χ4n) is 2.83. The molecule has 0 atom stereocenters. The number of sulfonamides is 1. The molecule has 0 aliphatic carbocycles. The van der Waals surface area contributed by atoms with E-state index < -0.39 is 10.0 Å². The van der Waals surface area contributed by atoms with E-state index in [2.05, 4.69) is 0 Å². The van der Waals surface area contributed by atoms with Crippen molar-refractivity contribution in [3.8, 4) is 5.75 Å². The van der Waals surface area contributed by atoms with Crippen LogP contribution in [0.15, 0.2) is 41.3 Å². The summed E-state index contributed by atoms with van der Waals surface area (Å²) in [5.41, 5.74) is 0. The van der Waals surface area contributed by atoms with E-state index in [1.807, 2.05) is 0 Å². The van der Waals surface area contributed by atoms with E-state index in [4.69, 9.17) is 4.74 Å². The lowest BCUT2D eigenvalue weighted by Crippen LogP contribution is -2.50. The number of piperazine rings is 1. The summed E-state index contributed by atoms with van der Waals surface area (Å²) in [5.74, 6) is 0.341. The molecule has 0 bridgehead atoms. The van der Waals surface area contributed by atoms with Gasteiger partial charge in [0.05, 0.1) is 21.8 Å². The first-order valence-electron chi connectivity index (χ1n) is 8.37. The molecule has 1 aromatic carbocycles. The van der Waals surface area contributed by atoms with Crippen molar-refractivity contribution < 1.29 is 22.7 Å². The highest BCUT2D eigenvalue weighted by molar-refractivity contribution is 7.89. The first-order chi connectivity index (χ1) is 12.8. The predicted octanol–water partition coefficient (Wildman–Crippen LogP) is 2.11. The van der Waals surface area contributed by atoms with Crippen molar-refractivity contribution in [2.24, 2.45) is 0 Å². The van der Waals surface area contributed by atoms with Gasteiger partial charge in [0.25, 0.3) is 5.91 Å². The largest absolute Gasteiger partial charge is 0.497 e. The summed E-state index contributed by atoms with van der Waals surface area (Å²) in [6.45, 7) is 2.53. The maximum atomic E-state index is 12.8. The molecule has 0 N–H and O–H groups in total. The quantitative estimate of drug-likeness (QED) is 0.708. The van der Waals surface area contributed by atoms with Crippen LogP contribution in [0.3, 0.4) is 0 Å². The molecule has 9 heteroatoms. The van der Waals surface area contributed by atoms with Crippen molar-refractivity contribution in [3.63, 3.8) is 0 Å². The van der Waals surface area contributed by atoms with Gasteiger partial charge >= 0.3 is 0 Å². The van der Waals surface area contributed by atoms with E-state index in [9.17, 15) is 18.0 Å². The van der Waals surface area contributed by atoms with Crippen LogP contribution in [-0.2, 0) is 10.0 Å². The van der Waals surface area contributed by atoms with E-state index >= 15 is 0 Å². The van der Waals surface area contributed by atoms with E-state index in [0.717, 1.165) is 11.3 Å². The molecule has 2 heterocycles. The summed E-state index contributed by atoms with van der Waals surface area (Å²) < 4.78 is 32.0. The number of carbonyl (C=O) groups is 2. The molecule has 1 saturated heterocycles. The highest BCUT2D eigenvalue weighted by atomic mass is 32.2. The average molecular weight is 409 g/mol. The second-order valence-corrected chi connectivity index (χ2v) is 9.11. The summed E-state index contributed by atoms with van der Waals surface area (Å²) in [5, 5.41) is 0. The minimum atomic E-state index is -3.61. The summed E-state index contributed by atoms with van der Waals surface area (Å²) in [4.78, 5) is 26.8. The molecular formula is C18H20N2O5S2. The Morgan fingerprint density at radius 2 is 1.56 bits per heavy atom. The minimum absolute atomic E-state index is 0.0746. The Kier molecular flexibility index (Phi) is 5.64. The normalized spacial score (nSPS) is 15.6. The van der Waals surface area contributed by atoms with Gasteiger partial charge in [0, 0.05) is 26.2 Å². The predicted molar refractivity (Wildman–Crippen MR) is 102 cm³/mol. The molecule has 0 saturated carbocycles. The molecule has 1 aliphatic rings. The first-order valence-corrected chi connectivity index (χ1v) is 10.6. The molecule has 7 nitrogen and oxygen atoms in total.